The van der Waals surface area contributed by atoms with Crippen LogP contribution in [0.3, 0.4) is 0 Å². The molecule has 1 aliphatic heterocycles. The number of ether oxygens (including phenoxy) is 1. The minimum absolute atomic E-state index is 0.0298. The van der Waals surface area contributed by atoms with Gasteiger partial charge in [0.25, 0.3) is 0 Å². The molecule has 184 valence electrons. The first-order valence-corrected chi connectivity index (χ1v) is 12.8. The third-order valence-electron chi connectivity index (χ3n) is 6.17. The van der Waals surface area contributed by atoms with E-state index in [1.54, 1.807) is 17.5 Å². The molecule has 2 aromatic carbocycles. The number of amides is 1. The summed E-state index contributed by atoms with van der Waals surface area (Å²) in [5, 5.41) is 22.4. The first-order valence-electron chi connectivity index (χ1n) is 11.9. The number of hydrogen-bond donors (Lipinski definition) is 3. The van der Waals surface area contributed by atoms with Gasteiger partial charge in [0.1, 0.15) is 18.5 Å². The van der Waals surface area contributed by atoms with Crippen LogP contribution in [0.2, 0.25) is 0 Å². The van der Waals surface area contributed by atoms with Gasteiger partial charge in [-0.3, -0.25) is 19.7 Å². The van der Waals surface area contributed by atoms with Gasteiger partial charge in [-0.1, -0.05) is 6.92 Å². The standard InChI is InChI=1S/C25H30N6O3S/c1-2-25-28-22-12-20(4-6-23(22)35-25)34-16-19(32)14-30-7-9-31(10-8-30)15-24(33)27-18-3-5-21-17(11-18)13-26-29-21/h3-6,11-13,19,32H,2,7-10,14-16H2,1H3,(H,26,29)(H,27,33). The summed E-state index contributed by atoms with van der Waals surface area (Å²) in [6.45, 7) is 6.39. The van der Waals surface area contributed by atoms with Crippen molar-refractivity contribution in [3.05, 3.63) is 47.6 Å². The Kier molecular flexibility index (Phi) is 7.24. The number of anilines is 1. The highest BCUT2D eigenvalue weighted by atomic mass is 32.1. The summed E-state index contributed by atoms with van der Waals surface area (Å²) in [4.78, 5) is 21.4. The van der Waals surface area contributed by atoms with Crippen molar-refractivity contribution >= 4 is 44.1 Å². The molecule has 9 nitrogen and oxygen atoms in total. The van der Waals surface area contributed by atoms with Gasteiger partial charge in [0.15, 0.2) is 0 Å². The number of H-pyrrole nitrogens is 1. The van der Waals surface area contributed by atoms with Crippen LogP contribution < -0.4 is 10.1 Å². The molecule has 1 aliphatic rings. The van der Waals surface area contributed by atoms with E-state index in [4.69, 9.17) is 4.74 Å². The van der Waals surface area contributed by atoms with Crippen molar-refractivity contribution in [1.82, 2.24) is 25.0 Å². The number of aromatic nitrogens is 3. The Bertz CT molecular complexity index is 1300. The molecule has 1 saturated heterocycles. The molecule has 0 spiro atoms. The van der Waals surface area contributed by atoms with E-state index in [-0.39, 0.29) is 12.5 Å². The average Bonchev–Trinajstić information content (AvgIpc) is 3.49. The zero-order valence-electron chi connectivity index (χ0n) is 19.7. The van der Waals surface area contributed by atoms with Gasteiger partial charge in [0, 0.05) is 49.9 Å². The number of benzene rings is 2. The smallest absolute Gasteiger partial charge is 0.238 e. The molecule has 1 amide bonds. The fraction of sp³-hybridized carbons (Fsp3) is 0.400. The van der Waals surface area contributed by atoms with E-state index in [1.807, 2.05) is 36.4 Å². The first-order chi connectivity index (χ1) is 17.1. The maximum atomic E-state index is 12.5. The van der Waals surface area contributed by atoms with Crippen LogP contribution in [0, 0.1) is 0 Å². The van der Waals surface area contributed by atoms with Gasteiger partial charge in [0.05, 0.1) is 33.5 Å². The summed E-state index contributed by atoms with van der Waals surface area (Å²) in [7, 11) is 0. The number of carbonyl (C=O) groups is 1. The molecule has 2 aromatic heterocycles. The Balaban J connectivity index is 1.03. The second-order valence-corrected chi connectivity index (χ2v) is 9.97. The lowest BCUT2D eigenvalue weighted by molar-refractivity contribution is -0.117. The number of nitrogens with one attached hydrogen (secondary N) is 2. The molecule has 1 fully saturated rings. The fourth-order valence-corrected chi connectivity index (χ4v) is 5.18. The fourth-order valence-electron chi connectivity index (χ4n) is 4.29. The second-order valence-electron chi connectivity index (χ2n) is 8.85. The van der Waals surface area contributed by atoms with Crippen LogP contribution in [0.1, 0.15) is 11.9 Å². The number of aliphatic hydroxyl groups excluding tert-OH is 1. The number of carbonyl (C=O) groups excluding carboxylic acids is 1. The molecule has 35 heavy (non-hydrogen) atoms. The van der Waals surface area contributed by atoms with Gasteiger partial charge in [-0.25, -0.2) is 4.98 Å². The summed E-state index contributed by atoms with van der Waals surface area (Å²) < 4.78 is 6.98. The number of aromatic amines is 1. The van der Waals surface area contributed by atoms with Crippen molar-refractivity contribution in [3.8, 4) is 5.75 Å². The number of fused-ring (bicyclic) bond motifs is 2. The van der Waals surface area contributed by atoms with E-state index in [1.165, 1.54) is 0 Å². The zero-order chi connectivity index (χ0) is 24.2. The topological polar surface area (TPSA) is 107 Å². The summed E-state index contributed by atoms with van der Waals surface area (Å²) in [6, 6.07) is 11.6. The van der Waals surface area contributed by atoms with Gasteiger partial charge in [-0.2, -0.15) is 5.10 Å². The van der Waals surface area contributed by atoms with Crippen molar-refractivity contribution < 1.29 is 14.6 Å². The highest BCUT2D eigenvalue weighted by Gasteiger charge is 2.21. The molecule has 1 unspecified atom stereocenters. The zero-order valence-corrected chi connectivity index (χ0v) is 20.6. The summed E-state index contributed by atoms with van der Waals surface area (Å²) in [6.07, 6.45) is 2.08. The number of piperazine rings is 1. The van der Waals surface area contributed by atoms with Gasteiger partial charge in [-0.15, -0.1) is 11.3 Å². The van der Waals surface area contributed by atoms with E-state index in [2.05, 4.69) is 37.2 Å². The molecule has 4 aromatic rings. The number of β-amino-alcohol motifs (C(OH)–C–C–N with tert-alkyl or cyclic N) is 1. The summed E-state index contributed by atoms with van der Waals surface area (Å²) in [5.74, 6) is 0.699. The number of rotatable bonds is 9. The van der Waals surface area contributed by atoms with Crippen molar-refractivity contribution in [2.75, 3.05) is 51.2 Å². The highest BCUT2D eigenvalue weighted by molar-refractivity contribution is 7.18. The highest BCUT2D eigenvalue weighted by Crippen LogP contribution is 2.26. The van der Waals surface area contributed by atoms with Crippen LogP contribution in [0.25, 0.3) is 21.1 Å². The third-order valence-corrected chi connectivity index (χ3v) is 7.35. The minimum Gasteiger partial charge on any atom is -0.491 e. The average molecular weight is 495 g/mol. The predicted molar refractivity (Wildman–Crippen MR) is 138 cm³/mol. The van der Waals surface area contributed by atoms with Crippen molar-refractivity contribution in [2.24, 2.45) is 0 Å². The SMILES string of the molecule is CCc1nc2cc(OCC(O)CN3CCN(CC(=O)Nc4ccc5[nH]ncc5c4)CC3)ccc2s1. The molecule has 0 radical (unpaired) electrons. The van der Waals surface area contributed by atoms with Gasteiger partial charge < -0.3 is 15.2 Å². The van der Waals surface area contributed by atoms with E-state index < -0.39 is 6.10 Å². The van der Waals surface area contributed by atoms with Crippen LogP contribution in [0.4, 0.5) is 5.69 Å². The number of hydrogen-bond acceptors (Lipinski definition) is 8. The van der Waals surface area contributed by atoms with Crippen molar-refractivity contribution in [3.63, 3.8) is 0 Å². The monoisotopic (exact) mass is 494 g/mol. The van der Waals surface area contributed by atoms with E-state index in [0.717, 1.165) is 70.2 Å². The Morgan fingerprint density at radius 1 is 1.20 bits per heavy atom. The molecule has 1 atom stereocenters. The molecule has 0 aliphatic carbocycles. The van der Waals surface area contributed by atoms with Gasteiger partial charge >= 0.3 is 0 Å². The van der Waals surface area contributed by atoms with Gasteiger partial charge in [0.2, 0.25) is 5.91 Å². The largest absolute Gasteiger partial charge is 0.491 e. The maximum absolute atomic E-state index is 12.5. The normalized spacial score (nSPS) is 16.1. The lowest BCUT2D eigenvalue weighted by atomic mass is 10.2. The van der Waals surface area contributed by atoms with E-state index in [9.17, 15) is 9.90 Å². The Labute approximate surface area is 207 Å². The molecule has 0 saturated carbocycles. The quantitative estimate of drug-likeness (QED) is 0.328. The Morgan fingerprint density at radius 2 is 2.03 bits per heavy atom. The van der Waals surface area contributed by atoms with Crippen LogP contribution in [-0.2, 0) is 11.2 Å². The molecule has 10 heteroatoms. The molecule has 0 bridgehead atoms. The maximum Gasteiger partial charge on any atom is 0.238 e. The first kappa shape index (κ1) is 23.7. The predicted octanol–water partition coefficient (Wildman–Crippen LogP) is 2.73. The summed E-state index contributed by atoms with van der Waals surface area (Å²) in [5.41, 5.74) is 2.66. The number of aliphatic hydroxyl groups is 1. The van der Waals surface area contributed by atoms with Crippen molar-refractivity contribution in [1.29, 1.82) is 0 Å². The van der Waals surface area contributed by atoms with E-state index in [0.29, 0.717) is 13.1 Å². The van der Waals surface area contributed by atoms with Crippen LogP contribution in [0.15, 0.2) is 42.6 Å². The molecular formula is C25H30N6O3S. The lowest BCUT2D eigenvalue weighted by Crippen LogP contribution is -2.50. The van der Waals surface area contributed by atoms with Crippen LogP contribution in [-0.4, -0.2) is 88.0 Å². The van der Waals surface area contributed by atoms with E-state index >= 15 is 0 Å². The molecule has 5 rings (SSSR count). The molecule has 3 heterocycles. The second kappa shape index (κ2) is 10.7. The van der Waals surface area contributed by atoms with Crippen molar-refractivity contribution in [2.45, 2.75) is 19.4 Å². The molecular weight excluding hydrogens is 464 g/mol. The molecule has 3 N–H and O–H groups in total. The minimum atomic E-state index is -0.583. The van der Waals surface area contributed by atoms with Crippen LogP contribution in [0.5, 0.6) is 5.75 Å². The van der Waals surface area contributed by atoms with Crippen LogP contribution >= 0.6 is 11.3 Å². The number of nitrogens with zero attached hydrogens (tertiary/aromatic N) is 4. The summed E-state index contributed by atoms with van der Waals surface area (Å²) >= 11 is 1.70. The Hall–Kier alpha value is -3.05. The number of thiazole rings is 1. The van der Waals surface area contributed by atoms with Gasteiger partial charge in [-0.05, 0) is 36.8 Å². The Morgan fingerprint density at radius 3 is 2.86 bits per heavy atom. The lowest BCUT2D eigenvalue weighted by Gasteiger charge is -2.35. The number of aryl methyl sites for hydroxylation is 1. The third kappa shape index (κ3) is 5.96.